The molecular weight excluding hydrogens is 268 g/mol. The van der Waals surface area contributed by atoms with Gasteiger partial charge in [0, 0.05) is 31.7 Å². The first-order chi connectivity index (χ1) is 10.1. The lowest BCUT2D eigenvalue weighted by atomic mass is 10.2. The maximum Gasteiger partial charge on any atom is 0.338 e. The Morgan fingerprint density at radius 1 is 1.10 bits per heavy atom. The third-order valence-electron chi connectivity index (χ3n) is 3.18. The number of esters is 1. The van der Waals surface area contributed by atoms with Crippen LogP contribution in [-0.2, 0) is 9.53 Å². The zero-order valence-corrected chi connectivity index (χ0v) is 13.0. The molecule has 0 spiro atoms. The van der Waals surface area contributed by atoms with Crippen LogP contribution in [0.25, 0.3) is 0 Å². The van der Waals surface area contributed by atoms with Crippen LogP contribution in [0.4, 0.5) is 5.69 Å². The van der Waals surface area contributed by atoms with Crippen LogP contribution in [0.5, 0.6) is 0 Å². The van der Waals surface area contributed by atoms with Crippen molar-refractivity contribution < 1.29 is 14.3 Å². The van der Waals surface area contributed by atoms with Crippen molar-refractivity contribution in [3.63, 3.8) is 0 Å². The smallest absolute Gasteiger partial charge is 0.338 e. The Hall–Kier alpha value is -2.04. The fourth-order valence-electron chi connectivity index (χ4n) is 1.99. The summed E-state index contributed by atoms with van der Waals surface area (Å²) in [6.07, 6.45) is 0.460. The van der Waals surface area contributed by atoms with Crippen molar-refractivity contribution in [2.45, 2.75) is 27.2 Å². The summed E-state index contributed by atoms with van der Waals surface area (Å²) in [5.74, 6) is -0.170. The molecule has 1 rings (SSSR count). The highest BCUT2D eigenvalue weighted by Gasteiger charge is 2.09. The molecule has 0 radical (unpaired) electrons. The second-order valence-corrected chi connectivity index (χ2v) is 4.54. The molecule has 21 heavy (non-hydrogen) atoms. The first-order valence-electron chi connectivity index (χ1n) is 7.41. The maximum absolute atomic E-state index is 11.8. The van der Waals surface area contributed by atoms with Crippen molar-refractivity contribution in [3.8, 4) is 0 Å². The van der Waals surface area contributed by atoms with Crippen molar-refractivity contribution in [1.29, 1.82) is 0 Å². The predicted molar refractivity (Wildman–Crippen MR) is 83.4 cm³/mol. The fraction of sp³-hybridized carbons (Fsp3) is 0.500. The molecule has 0 aromatic heterocycles. The Kier molecular flexibility index (Phi) is 7.29. The molecule has 116 valence electrons. The van der Waals surface area contributed by atoms with E-state index >= 15 is 0 Å². The summed E-state index contributed by atoms with van der Waals surface area (Å²) >= 11 is 0. The van der Waals surface area contributed by atoms with E-state index < -0.39 is 0 Å². The molecule has 1 aromatic rings. The number of carbonyl (C=O) groups excluding carboxylic acids is 2. The minimum absolute atomic E-state index is 0.149. The van der Waals surface area contributed by atoms with Crippen LogP contribution in [-0.4, -0.2) is 43.0 Å². The van der Waals surface area contributed by atoms with E-state index in [1.165, 1.54) is 0 Å². The van der Waals surface area contributed by atoms with Gasteiger partial charge < -0.3 is 15.0 Å². The number of anilines is 1. The quantitative estimate of drug-likeness (QED) is 0.748. The molecule has 0 aliphatic heterocycles. The summed E-state index contributed by atoms with van der Waals surface area (Å²) in [6, 6.07) is 7.06. The number of nitrogens with one attached hydrogen (secondary N) is 1. The Labute approximate surface area is 126 Å². The van der Waals surface area contributed by atoms with Gasteiger partial charge in [0.15, 0.2) is 0 Å². The number of rotatable bonds is 8. The number of benzene rings is 1. The van der Waals surface area contributed by atoms with Crippen LogP contribution in [0.1, 0.15) is 37.6 Å². The largest absolute Gasteiger partial charge is 0.462 e. The number of hydrogen-bond donors (Lipinski definition) is 1. The highest BCUT2D eigenvalue weighted by molar-refractivity contribution is 5.89. The molecular formula is C16H24N2O3. The Balaban J connectivity index is 2.43. The van der Waals surface area contributed by atoms with Crippen molar-refractivity contribution in [2.75, 3.05) is 31.6 Å². The summed E-state index contributed by atoms with van der Waals surface area (Å²) < 4.78 is 4.92. The van der Waals surface area contributed by atoms with Gasteiger partial charge in [0.2, 0.25) is 5.91 Å². The van der Waals surface area contributed by atoms with Gasteiger partial charge in [-0.15, -0.1) is 0 Å². The third kappa shape index (κ3) is 5.45. The zero-order chi connectivity index (χ0) is 15.7. The Morgan fingerprint density at radius 2 is 1.71 bits per heavy atom. The van der Waals surface area contributed by atoms with Gasteiger partial charge in [0.05, 0.1) is 12.2 Å². The van der Waals surface area contributed by atoms with E-state index in [-0.39, 0.29) is 11.9 Å². The van der Waals surface area contributed by atoms with Crippen LogP contribution >= 0.6 is 0 Å². The molecule has 0 heterocycles. The molecule has 0 atom stereocenters. The van der Waals surface area contributed by atoms with Gasteiger partial charge >= 0.3 is 5.97 Å². The Bertz CT molecular complexity index is 453. The molecule has 0 bridgehead atoms. The summed E-state index contributed by atoms with van der Waals surface area (Å²) in [6.45, 7) is 8.15. The number of nitrogens with zero attached hydrogens (tertiary/aromatic N) is 1. The van der Waals surface area contributed by atoms with E-state index in [1.54, 1.807) is 19.1 Å². The lowest BCUT2D eigenvalue weighted by Crippen LogP contribution is -2.31. The summed E-state index contributed by atoms with van der Waals surface area (Å²) in [5.41, 5.74) is 1.41. The molecule has 1 aromatic carbocycles. The first kappa shape index (κ1) is 17.0. The van der Waals surface area contributed by atoms with E-state index in [4.69, 9.17) is 4.74 Å². The van der Waals surface area contributed by atoms with E-state index in [9.17, 15) is 9.59 Å². The van der Waals surface area contributed by atoms with Gasteiger partial charge in [-0.25, -0.2) is 4.79 Å². The normalized spacial score (nSPS) is 10.0. The number of amides is 1. The van der Waals surface area contributed by atoms with E-state index in [1.807, 2.05) is 30.9 Å². The number of hydrogen-bond acceptors (Lipinski definition) is 4. The minimum atomic E-state index is -0.319. The maximum atomic E-state index is 11.8. The van der Waals surface area contributed by atoms with Crippen LogP contribution in [0.15, 0.2) is 24.3 Å². The summed E-state index contributed by atoms with van der Waals surface area (Å²) in [5, 5.41) is 3.18. The molecule has 0 saturated heterocycles. The van der Waals surface area contributed by atoms with Gasteiger partial charge in [0.1, 0.15) is 0 Å². The fourth-order valence-corrected chi connectivity index (χ4v) is 1.99. The molecule has 0 saturated carbocycles. The molecule has 1 N–H and O–H groups in total. The number of ether oxygens (including phenoxy) is 1. The van der Waals surface area contributed by atoms with Crippen LogP contribution in [0.2, 0.25) is 0 Å². The van der Waals surface area contributed by atoms with Crippen molar-refractivity contribution in [2.24, 2.45) is 0 Å². The van der Waals surface area contributed by atoms with Gasteiger partial charge in [-0.2, -0.15) is 0 Å². The highest BCUT2D eigenvalue weighted by atomic mass is 16.5. The molecule has 5 heteroatoms. The van der Waals surface area contributed by atoms with Crippen molar-refractivity contribution >= 4 is 17.6 Å². The van der Waals surface area contributed by atoms with Gasteiger partial charge in [-0.05, 0) is 45.0 Å². The molecule has 0 aliphatic rings. The average molecular weight is 292 g/mol. The highest BCUT2D eigenvalue weighted by Crippen LogP contribution is 2.10. The predicted octanol–water partition coefficient (Wildman–Crippen LogP) is 2.53. The van der Waals surface area contributed by atoms with Crippen LogP contribution in [0.3, 0.4) is 0 Å². The minimum Gasteiger partial charge on any atom is -0.462 e. The van der Waals surface area contributed by atoms with Crippen LogP contribution in [0, 0.1) is 0 Å². The lowest BCUT2D eigenvalue weighted by molar-refractivity contribution is -0.130. The average Bonchev–Trinajstić information content (AvgIpc) is 2.49. The van der Waals surface area contributed by atoms with E-state index in [0.717, 1.165) is 18.8 Å². The zero-order valence-electron chi connectivity index (χ0n) is 13.0. The van der Waals surface area contributed by atoms with E-state index in [2.05, 4.69) is 5.32 Å². The Morgan fingerprint density at radius 3 is 2.24 bits per heavy atom. The van der Waals surface area contributed by atoms with E-state index in [0.29, 0.717) is 25.1 Å². The molecule has 0 unspecified atom stereocenters. The van der Waals surface area contributed by atoms with Gasteiger partial charge in [-0.1, -0.05) is 0 Å². The monoisotopic (exact) mass is 292 g/mol. The molecule has 0 aliphatic carbocycles. The summed E-state index contributed by atoms with van der Waals surface area (Å²) in [4.78, 5) is 25.2. The third-order valence-corrected chi connectivity index (χ3v) is 3.18. The molecule has 1 amide bonds. The second kappa shape index (κ2) is 9.00. The van der Waals surface area contributed by atoms with Crippen LogP contribution < -0.4 is 5.32 Å². The van der Waals surface area contributed by atoms with Crippen molar-refractivity contribution in [1.82, 2.24) is 4.90 Å². The van der Waals surface area contributed by atoms with Gasteiger partial charge in [-0.3, -0.25) is 4.79 Å². The van der Waals surface area contributed by atoms with Gasteiger partial charge in [0.25, 0.3) is 0 Å². The molecule has 0 fully saturated rings. The van der Waals surface area contributed by atoms with Crippen molar-refractivity contribution in [3.05, 3.63) is 29.8 Å². The first-order valence-corrected chi connectivity index (χ1v) is 7.41. The topological polar surface area (TPSA) is 58.6 Å². The molecule has 5 nitrogen and oxygen atoms in total. The lowest BCUT2D eigenvalue weighted by Gasteiger charge is -2.18. The second-order valence-electron chi connectivity index (χ2n) is 4.54. The summed E-state index contributed by atoms with van der Waals surface area (Å²) in [7, 11) is 0. The standard InChI is InChI=1S/C16H24N2O3/c1-4-18(5-2)15(19)11-12-17-14-9-7-13(8-10-14)16(20)21-6-3/h7-10,17H,4-6,11-12H2,1-3H3. The number of carbonyl (C=O) groups is 2. The SMILES string of the molecule is CCOC(=O)c1ccc(NCCC(=O)N(CC)CC)cc1.